The number of likely N-dealkylation sites (tertiary alicyclic amines) is 1. The second kappa shape index (κ2) is 4.64. The van der Waals surface area contributed by atoms with Gasteiger partial charge in [-0.25, -0.2) is 4.79 Å². The molecular formula is C15H24N2O2. The summed E-state index contributed by atoms with van der Waals surface area (Å²) in [6.45, 7) is 13.4. The molecule has 0 aliphatic carbocycles. The molecule has 1 heterocycles. The minimum Gasteiger partial charge on any atom is -0.440 e. The zero-order chi connectivity index (χ0) is 15.1. The van der Waals surface area contributed by atoms with Crippen molar-refractivity contribution in [2.75, 3.05) is 7.05 Å². The molecule has 1 saturated heterocycles. The van der Waals surface area contributed by atoms with Gasteiger partial charge in [-0.2, -0.15) is 5.26 Å². The van der Waals surface area contributed by atoms with E-state index in [2.05, 4.69) is 45.2 Å². The van der Waals surface area contributed by atoms with Crippen molar-refractivity contribution in [3.05, 3.63) is 12.2 Å². The first kappa shape index (κ1) is 15.7. The highest BCUT2D eigenvalue weighted by molar-refractivity contribution is 5.87. The van der Waals surface area contributed by atoms with Crippen LogP contribution in [0.3, 0.4) is 0 Å². The summed E-state index contributed by atoms with van der Waals surface area (Å²) in [5.41, 5.74) is -1.18. The van der Waals surface area contributed by atoms with Gasteiger partial charge in [-0.3, -0.25) is 4.90 Å². The first-order valence-electron chi connectivity index (χ1n) is 6.50. The molecule has 0 atom stereocenters. The topological polar surface area (TPSA) is 53.3 Å². The molecule has 1 fully saturated rings. The molecule has 1 aliphatic rings. The van der Waals surface area contributed by atoms with E-state index >= 15 is 0 Å². The minimum atomic E-state index is -1.07. The summed E-state index contributed by atoms with van der Waals surface area (Å²) in [6, 6.07) is 2.22. The molecule has 0 amide bonds. The zero-order valence-corrected chi connectivity index (χ0v) is 12.8. The Bertz CT molecular complexity index is 426. The van der Waals surface area contributed by atoms with Crippen LogP contribution in [-0.2, 0) is 9.53 Å². The number of nitriles is 1. The molecule has 0 bridgehead atoms. The van der Waals surface area contributed by atoms with Crippen LogP contribution >= 0.6 is 0 Å². The van der Waals surface area contributed by atoms with Crippen molar-refractivity contribution in [2.45, 2.75) is 64.1 Å². The highest BCUT2D eigenvalue weighted by atomic mass is 16.6. The van der Waals surface area contributed by atoms with Gasteiger partial charge in [0.25, 0.3) is 0 Å². The summed E-state index contributed by atoms with van der Waals surface area (Å²) in [7, 11) is 2.04. The average molecular weight is 264 g/mol. The fraction of sp³-hybridized carbons (Fsp3) is 0.733. The van der Waals surface area contributed by atoms with E-state index < -0.39 is 11.6 Å². The Morgan fingerprint density at radius 1 is 1.26 bits per heavy atom. The fourth-order valence-electron chi connectivity index (χ4n) is 2.96. The molecule has 0 radical (unpaired) electrons. The number of carbonyl (C=O) groups excluding carboxylic acids is 1. The van der Waals surface area contributed by atoms with Gasteiger partial charge in [0, 0.05) is 29.5 Å². The van der Waals surface area contributed by atoms with Gasteiger partial charge in [0.15, 0.2) is 0 Å². The molecule has 0 saturated carbocycles. The smallest absolute Gasteiger partial charge is 0.334 e. The maximum Gasteiger partial charge on any atom is 0.334 e. The molecule has 19 heavy (non-hydrogen) atoms. The predicted octanol–water partition coefficient (Wildman–Crippen LogP) is 2.65. The first-order valence-corrected chi connectivity index (χ1v) is 6.50. The number of nitrogens with zero attached hydrogens (tertiary/aromatic N) is 2. The summed E-state index contributed by atoms with van der Waals surface area (Å²) in [4.78, 5) is 14.0. The summed E-state index contributed by atoms with van der Waals surface area (Å²) in [5.74, 6) is -0.488. The van der Waals surface area contributed by atoms with Crippen molar-refractivity contribution in [1.82, 2.24) is 4.90 Å². The van der Waals surface area contributed by atoms with E-state index in [1.165, 1.54) is 0 Å². The molecule has 0 unspecified atom stereocenters. The van der Waals surface area contributed by atoms with Crippen LogP contribution in [0, 0.1) is 11.3 Å². The Morgan fingerprint density at radius 3 is 2.00 bits per heavy atom. The number of carbonyl (C=O) groups is 1. The molecular weight excluding hydrogens is 240 g/mol. The van der Waals surface area contributed by atoms with Crippen molar-refractivity contribution in [2.24, 2.45) is 0 Å². The monoisotopic (exact) mass is 264 g/mol. The Labute approximate surface area is 116 Å². The van der Waals surface area contributed by atoms with E-state index in [0.717, 1.165) is 0 Å². The van der Waals surface area contributed by atoms with E-state index in [9.17, 15) is 10.1 Å². The fourth-order valence-corrected chi connectivity index (χ4v) is 2.96. The summed E-state index contributed by atoms with van der Waals surface area (Å²) >= 11 is 0. The quantitative estimate of drug-likeness (QED) is 0.568. The van der Waals surface area contributed by atoms with Crippen LogP contribution in [0.5, 0.6) is 0 Å². The van der Waals surface area contributed by atoms with Gasteiger partial charge in [0.2, 0.25) is 5.60 Å². The maximum atomic E-state index is 11.8. The highest BCUT2D eigenvalue weighted by Gasteiger charge is 2.53. The number of hydrogen-bond acceptors (Lipinski definition) is 4. The Morgan fingerprint density at radius 2 is 1.68 bits per heavy atom. The SMILES string of the molecule is C=C(C)C(=O)OC1(C#N)CC(C)(C)N(C)C(C)(C)C1. The Balaban J connectivity index is 3.13. The highest BCUT2D eigenvalue weighted by Crippen LogP contribution is 2.44. The number of ether oxygens (including phenoxy) is 1. The molecule has 4 heteroatoms. The van der Waals surface area contributed by atoms with Crippen LogP contribution < -0.4 is 0 Å². The molecule has 1 rings (SSSR count). The van der Waals surface area contributed by atoms with Gasteiger partial charge in [0.1, 0.15) is 6.07 Å². The van der Waals surface area contributed by atoms with Crippen molar-refractivity contribution in [3.63, 3.8) is 0 Å². The van der Waals surface area contributed by atoms with Crippen molar-refractivity contribution in [1.29, 1.82) is 5.26 Å². The normalized spacial score (nSPS) is 24.3. The van der Waals surface area contributed by atoms with Crippen LogP contribution in [0.1, 0.15) is 47.5 Å². The largest absolute Gasteiger partial charge is 0.440 e. The lowest BCUT2D eigenvalue weighted by Crippen LogP contribution is -2.64. The third kappa shape index (κ3) is 2.98. The number of hydrogen-bond donors (Lipinski definition) is 0. The standard InChI is InChI=1S/C15H24N2O2/c1-11(2)12(18)19-15(10-16)8-13(3,4)17(7)14(5,6)9-15/h1,8-9H2,2-7H3. The lowest BCUT2D eigenvalue weighted by atomic mass is 9.72. The van der Waals surface area contributed by atoms with Crippen molar-refractivity contribution in [3.8, 4) is 6.07 Å². The summed E-state index contributed by atoms with van der Waals surface area (Å²) < 4.78 is 5.48. The van der Waals surface area contributed by atoms with Gasteiger partial charge < -0.3 is 4.74 Å². The average Bonchev–Trinajstić information content (AvgIpc) is 2.24. The number of piperidine rings is 1. The van der Waals surface area contributed by atoms with Crippen molar-refractivity contribution >= 4 is 5.97 Å². The predicted molar refractivity (Wildman–Crippen MR) is 74.4 cm³/mol. The van der Waals surface area contributed by atoms with E-state index in [0.29, 0.717) is 18.4 Å². The van der Waals surface area contributed by atoms with Gasteiger partial charge in [-0.15, -0.1) is 0 Å². The van der Waals surface area contributed by atoms with E-state index in [4.69, 9.17) is 4.74 Å². The zero-order valence-electron chi connectivity index (χ0n) is 12.8. The first-order chi connectivity index (χ1) is 8.46. The Kier molecular flexibility index (Phi) is 3.84. The summed E-state index contributed by atoms with van der Waals surface area (Å²) in [5, 5.41) is 9.55. The molecule has 0 aromatic heterocycles. The lowest BCUT2D eigenvalue weighted by molar-refractivity contribution is -0.165. The third-order valence-electron chi connectivity index (χ3n) is 4.09. The van der Waals surface area contributed by atoms with Gasteiger partial charge in [-0.05, 0) is 41.7 Å². The summed E-state index contributed by atoms with van der Waals surface area (Å²) in [6.07, 6.45) is 0.991. The molecule has 0 aromatic rings. The van der Waals surface area contributed by atoms with E-state index in [-0.39, 0.29) is 11.1 Å². The minimum absolute atomic E-state index is 0.215. The van der Waals surface area contributed by atoms with E-state index in [1.54, 1.807) is 6.92 Å². The maximum absolute atomic E-state index is 11.8. The third-order valence-corrected chi connectivity index (χ3v) is 4.09. The van der Waals surface area contributed by atoms with Crippen LogP contribution in [0.15, 0.2) is 12.2 Å². The van der Waals surface area contributed by atoms with Crippen LogP contribution in [0.2, 0.25) is 0 Å². The molecule has 1 aliphatic heterocycles. The van der Waals surface area contributed by atoms with Gasteiger partial charge in [0.05, 0.1) is 0 Å². The van der Waals surface area contributed by atoms with Crippen LogP contribution in [0.4, 0.5) is 0 Å². The molecule has 0 spiro atoms. The van der Waals surface area contributed by atoms with E-state index in [1.807, 2.05) is 7.05 Å². The number of esters is 1. The van der Waals surface area contributed by atoms with Crippen LogP contribution in [0.25, 0.3) is 0 Å². The lowest BCUT2D eigenvalue weighted by Gasteiger charge is -2.55. The molecule has 0 aromatic carbocycles. The molecule has 4 nitrogen and oxygen atoms in total. The Hall–Kier alpha value is -1.34. The second-order valence-electron chi connectivity index (χ2n) is 6.81. The number of rotatable bonds is 2. The molecule has 106 valence electrons. The van der Waals surface area contributed by atoms with Gasteiger partial charge in [-0.1, -0.05) is 6.58 Å². The second-order valence-corrected chi connectivity index (χ2v) is 6.81. The molecule has 0 N–H and O–H groups in total. The van der Waals surface area contributed by atoms with Crippen molar-refractivity contribution < 1.29 is 9.53 Å². The van der Waals surface area contributed by atoms with Crippen LogP contribution in [-0.4, -0.2) is 34.6 Å². The van der Waals surface area contributed by atoms with Gasteiger partial charge >= 0.3 is 5.97 Å².